The van der Waals surface area contributed by atoms with Gasteiger partial charge in [-0.3, -0.25) is 14.9 Å². The van der Waals surface area contributed by atoms with Gasteiger partial charge in [0.1, 0.15) is 5.56 Å². The second-order valence-electron chi connectivity index (χ2n) is 3.48. The molecule has 0 aromatic heterocycles. The molecule has 0 aliphatic rings. The van der Waals surface area contributed by atoms with Crippen molar-refractivity contribution in [2.75, 3.05) is 6.54 Å². The first-order valence-corrected chi connectivity index (χ1v) is 5.59. The average Bonchev–Trinajstić information content (AvgIpc) is 2.34. The summed E-state index contributed by atoms with van der Waals surface area (Å²) in [6, 6.07) is 3.92. The van der Waals surface area contributed by atoms with Crippen LogP contribution in [0.4, 0.5) is 5.69 Å². The van der Waals surface area contributed by atoms with Crippen molar-refractivity contribution in [1.82, 2.24) is 5.32 Å². The molecular formula is C12H11ClN2O3. The average molecular weight is 267 g/mol. The van der Waals surface area contributed by atoms with Crippen LogP contribution in [-0.4, -0.2) is 17.4 Å². The van der Waals surface area contributed by atoms with Gasteiger partial charge >= 0.3 is 0 Å². The maximum absolute atomic E-state index is 11.7. The molecule has 94 valence electrons. The van der Waals surface area contributed by atoms with E-state index in [1.807, 2.05) is 0 Å². The van der Waals surface area contributed by atoms with Crippen LogP contribution in [0.25, 0.3) is 0 Å². The van der Waals surface area contributed by atoms with Crippen LogP contribution in [0.2, 0.25) is 5.02 Å². The van der Waals surface area contributed by atoms with E-state index >= 15 is 0 Å². The van der Waals surface area contributed by atoms with Crippen molar-refractivity contribution >= 4 is 23.2 Å². The number of rotatable bonds is 5. The highest BCUT2D eigenvalue weighted by Gasteiger charge is 2.19. The first kappa shape index (κ1) is 14.0. The van der Waals surface area contributed by atoms with Gasteiger partial charge < -0.3 is 5.32 Å². The molecule has 18 heavy (non-hydrogen) atoms. The Labute approximate surface area is 109 Å². The molecule has 0 fully saturated rings. The Kier molecular flexibility index (Phi) is 5.15. The van der Waals surface area contributed by atoms with Gasteiger partial charge in [0, 0.05) is 24.1 Å². The number of carbonyl (C=O) groups excluding carboxylic acids is 1. The molecule has 0 saturated carbocycles. The Morgan fingerprint density at radius 3 is 2.89 bits per heavy atom. The minimum absolute atomic E-state index is 0.00916. The monoisotopic (exact) mass is 266 g/mol. The van der Waals surface area contributed by atoms with Gasteiger partial charge in [-0.15, -0.1) is 12.3 Å². The molecule has 1 N–H and O–H groups in total. The summed E-state index contributed by atoms with van der Waals surface area (Å²) < 4.78 is 0. The lowest BCUT2D eigenvalue weighted by molar-refractivity contribution is -0.385. The fourth-order valence-electron chi connectivity index (χ4n) is 1.34. The predicted octanol–water partition coefficient (Wildman–Crippen LogP) is 2.39. The molecule has 0 spiro atoms. The molecule has 0 bridgehead atoms. The van der Waals surface area contributed by atoms with E-state index in [-0.39, 0.29) is 16.3 Å². The zero-order valence-corrected chi connectivity index (χ0v) is 10.2. The summed E-state index contributed by atoms with van der Waals surface area (Å²) in [7, 11) is 0. The number of carbonyl (C=O) groups is 1. The van der Waals surface area contributed by atoms with E-state index in [0.29, 0.717) is 19.4 Å². The summed E-state index contributed by atoms with van der Waals surface area (Å²) in [6.45, 7) is 0.378. The van der Waals surface area contributed by atoms with Crippen molar-refractivity contribution in [3.05, 3.63) is 38.9 Å². The standard InChI is InChI=1S/C12H11ClN2O3/c1-2-3-4-7-14-12(16)10-6-5-9(13)8-11(10)15(17)18/h1,5-6,8H,3-4,7H2,(H,14,16). The number of hydrogen-bond acceptors (Lipinski definition) is 3. The molecule has 0 heterocycles. The Morgan fingerprint density at radius 2 is 2.28 bits per heavy atom. The van der Waals surface area contributed by atoms with E-state index in [4.69, 9.17) is 18.0 Å². The summed E-state index contributed by atoms with van der Waals surface area (Å²) >= 11 is 5.65. The molecule has 0 aliphatic carbocycles. The molecule has 0 unspecified atom stereocenters. The lowest BCUT2D eigenvalue weighted by atomic mass is 10.1. The molecule has 1 amide bonds. The normalized spacial score (nSPS) is 9.56. The summed E-state index contributed by atoms with van der Waals surface area (Å²) in [6.07, 6.45) is 6.24. The van der Waals surface area contributed by atoms with Crippen molar-refractivity contribution < 1.29 is 9.72 Å². The number of nitrogens with one attached hydrogen (secondary N) is 1. The van der Waals surface area contributed by atoms with Crippen LogP contribution in [0, 0.1) is 22.5 Å². The highest BCUT2D eigenvalue weighted by atomic mass is 35.5. The van der Waals surface area contributed by atoms with Gasteiger partial charge in [0.25, 0.3) is 11.6 Å². The zero-order chi connectivity index (χ0) is 13.5. The number of halogens is 1. The molecular weight excluding hydrogens is 256 g/mol. The van der Waals surface area contributed by atoms with E-state index < -0.39 is 10.8 Å². The number of unbranched alkanes of at least 4 members (excludes halogenated alkanes) is 1. The predicted molar refractivity (Wildman–Crippen MR) is 68.5 cm³/mol. The number of terminal acetylenes is 1. The van der Waals surface area contributed by atoms with Crippen molar-refractivity contribution in [3.8, 4) is 12.3 Å². The first-order chi connectivity index (χ1) is 8.56. The van der Waals surface area contributed by atoms with Crippen LogP contribution < -0.4 is 5.32 Å². The molecule has 1 rings (SSSR count). The second-order valence-corrected chi connectivity index (χ2v) is 3.92. The lowest BCUT2D eigenvalue weighted by Crippen LogP contribution is -2.25. The first-order valence-electron chi connectivity index (χ1n) is 5.22. The molecule has 1 aromatic carbocycles. The third-order valence-corrected chi connectivity index (χ3v) is 2.42. The maximum atomic E-state index is 11.7. The Balaban J connectivity index is 2.79. The molecule has 0 saturated heterocycles. The molecule has 6 heteroatoms. The fraction of sp³-hybridized carbons (Fsp3) is 0.250. The van der Waals surface area contributed by atoms with Gasteiger partial charge in [0.2, 0.25) is 0 Å². The number of benzene rings is 1. The minimum atomic E-state index is -0.637. The van der Waals surface area contributed by atoms with Crippen molar-refractivity contribution in [3.63, 3.8) is 0 Å². The van der Waals surface area contributed by atoms with E-state index in [9.17, 15) is 14.9 Å². The van der Waals surface area contributed by atoms with Gasteiger partial charge in [0.15, 0.2) is 0 Å². The number of nitro benzene ring substituents is 1. The van der Waals surface area contributed by atoms with Crippen LogP contribution in [0.1, 0.15) is 23.2 Å². The van der Waals surface area contributed by atoms with Gasteiger partial charge in [-0.05, 0) is 18.6 Å². The summed E-state index contributed by atoms with van der Waals surface area (Å²) in [5.74, 6) is 1.94. The van der Waals surface area contributed by atoms with Crippen LogP contribution in [0.15, 0.2) is 18.2 Å². The van der Waals surface area contributed by atoms with Crippen LogP contribution in [0.3, 0.4) is 0 Å². The molecule has 5 nitrogen and oxygen atoms in total. The van der Waals surface area contributed by atoms with Crippen molar-refractivity contribution in [1.29, 1.82) is 0 Å². The van der Waals surface area contributed by atoms with E-state index in [1.165, 1.54) is 12.1 Å². The Bertz CT molecular complexity index is 509. The van der Waals surface area contributed by atoms with Crippen LogP contribution in [-0.2, 0) is 0 Å². The summed E-state index contributed by atoms with van der Waals surface area (Å²) in [5.41, 5.74) is -0.318. The van der Waals surface area contributed by atoms with Gasteiger partial charge in [-0.25, -0.2) is 0 Å². The van der Waals surface area contributed by atoms with E-state index in [0.717, 1.165) is 6.07 Å². The van der Waals surface area contributed by atoms with Crippen molar-refractivity contribution in [2.45, 2.75) is 12.8 Å². The lowest BCUT2D eigenvalue weighted by Gasteiger charge is -2.05. The summed E-state index contributed by atoms with van der Waals surface area (Å²) in [4.78, 5) is 21.9. The smallest absolute Gasteiger partial charge is 0.283 e. The molecule has 0 aliphatic heterocycles. The van der Waals surface area contributed by atoms with Crippen molar-refractivity contribution in [2.24, 2.45) is 0 Å². The molecule has 1 aromatic rings. The number of amides is 1. The highest BCUT2D eigenvalue weighted by molar-refractivity contribution is 6.31. The van der Waals surface area contributed by atoms with Crippen LogP contribution >= 0.6 is 11.6 Å². The van der Waals surface area contributed by atoms with Gasteiger partial charge in [-0.1, -0.05) is 11.6 Å². The van der Waals surface area contributed by atoms with Gasteiger partial charge in [0.05, 0.1) is 4.92 Å². The minimum Gasteiger partial charge on any atom is -0.352 e. The number of nitro groups is 1. The maximum Gasteiger partial charge on any atom is 0.283 e. The topological polar surface area (TPSA) is 72.2 Å². The Morgan fingerprint density at radius 1 is 1.56 bits per heavy atom. The zero-order valence-electron chi connectivity index (χ0n) is 9.48. The number of hydrogen-bond donors (Lipinski definition) is 1. The second kappa shape index (κ2) is 6.62. The third-order valence-electron chi connectivity index (χ3n) is 2.18. The fourth-order valence-corrected chi connectivity index (χ4v) is 1.50. The Hall–Kier alpha value is -2.06. The number of nitrogens with zero attached hydrogens (tertiary/aromatic N) is 1. The highest BCUT2D eigenvalue weighted by Crippen LogP contribution is 2.22. The largest absolute Gasteiger partial charge is 0.352 e. The quantitative estimate of drug-likeness (QED) is 0.385. The molecule has 0 atom stereocenters. The van der Waals surface area contributed by atoms with Gasteiger partial charge in [-0.2, -0.15) is 0 Å². The third kappa shape index (κ3) is 3.75. The molecule has 0 radical (unpaired) electrons. The van der Waals surface area contributed by atoms with Crippen LogP contribution in [0.5, 0.6) is 0 Å². The van der Waals surface area contributed by atoms with E-state index in [2.05, 4.69) is 11.2 Å². The van der Waals surface area contributed by atoms with E-state index in [1.54, 1.807) is 0 Å². The summed E-state index contributed by atoms with van der Waals surface area (Å²) in [5, 5.41) is 13.6. The SMILES string of the molecule is C#CCCCNC(=O)c1ccc(Cl)cc1[N+](=O)[O-].